The van der Waals surface area contributed by atoms with Crippen LogP contribution in [-0.4, -0.2) is 31.7 Å². The molecule has 0 amide bonds. The van der Waals surface area contributed by atoms with Gasteiger partial charge in [-0.25, -0.2) is 8.42 Å². The second-order valence-electron chi connectivity index (χ2n) is 6.25. The quantitative estimate of drug-likeness (QED) is 0.628. The minimum atomic E-state index is -2.92. The van der Waals surface area contributed by atoms with Crippen molar-refractivity contribution in [3.05, 3.63) is 83.9 Å². The molecule has 0 bridgehead atoms. The number of hydrogen-bond acceptors (Lipinski definition) is 4. The SMILES string of the molecule is O=S1(=O)CCC(NN=C(C=Cc2ccccc2)C=Cc2ccccc2)C1. The van der Waals surface area contributed by atoms with E-state index in [1.54, 1.807) is 0 Å². The molecule has 3 rings (SSSR count). The van der Waals surface area contributed by atoms with Crippen LogP contribution in [0.1, 0.15) is 17.5 Å². The van der Waals surface area contributed by atoms with Gasteiger partial charge in [-0.2, -0.15) is 5.10 Å². The molecule has 0 spiro atoms. The molecule has 1 saturated heterocycles. The Morgan fingerprint density at radius 1 is 0.923 bits per heavy atom. The molecule has 0 radical (unpaired) electrons. The number of benzene rings is 2. The monoisotopic (exact) mass is 366 g/mol. The third kappa shape index (κ3) is 5.70. The number of allylic oxidation sites excluding steroid dienone is 2. The van der Waals surface area contributed by atoms with E-state index in [0.717, 1.165) is 16.8 Å². The van der Waals surface area contributed by atoms with E-state index in [2.05, 4.69) is 10.5 Å². The van der Waals surface area contributed by atoms with Gasteiger partial charge in [-0.3, -0.25) is 0 Å². The Labute approximate surface area is 154 Å². The first-order valence-electron chi connectivity index (χ1n) is 8.61. The molecule has 1 N–H and O–H groups in total. The Kier molecular flexibility index (Phi) is 6.02. The number of rotatable bonds is 6. The lowest BCUT2D eigenvalue weighted by molar-refractivity contribution is 0.577. The van der Waals surface area contributed by atoms with Gasteiger partial charge in [-0.1, -0.05) is 72.8 Å². The van der Waals surface area contributed by atoms with Crippen molar-refractivity contribution in [3.63, 3.8) is 0 Å². The normalized spacial score (nSPS) is 19.0. The molecule has 5 heteroatoms. The summed E-state index contributed by atoms with van der Waals surface area (Å²) in [5.74, 6) is 0.379. The van der Waals surface area contributed by atoms with Gasteiger partial charge < -0.3 is 5.43 Å². The maximum absolute atomic E-state index is 11.6. The molecular formula is C21H22N2O2S. The first-order valence-corrected chi connectivity index (χ1v) is 10.4. The van der Waals surface area contributed by atoms with Crippen molar-refractivity contribution in [2.45, 2.75) is 12.5 Å². The minimum Gasteiger partial charge on any atom is -0.305 e. The van der Waals surface area contributed by atoms with E-state index in [1.807, 2.05) is 85.0 Å². The smallest absolute Gasteiger partial charge is 0.152 e. The minimum absolute atomic E-state index is 0.120. The number of nitrogens with zero attached hydrogens (tertiary/aromatic N) is 1. The average molecular weight is 366 g/mol. The molecule has 2 aromatic rings. The van der Waals surface area contributed by atoms with Gasteiger partial charge in [0.1, 0.15) is 0 Å². The Bertz CT molecular complexity index is 850. The van der Waals surface area contributed by atoms with E-state index in [1.165, 1.54) is 0 Å². The molecule has 0 aliphatic carbocycles. The second-order valence-corrected chi connectivity index (χ2v) is 8.48. The first-order chi connectivity index (χ1) is 12.6. The predicted octanol–water partition coefficient (Wildman–Crippen LogP) is 3.55. The standard InChI is InChI=1S/C21H22N2O2S/c24-26(25)16-15-21(17-26)23-22-20(13-11-18-7-3-1-4-8-18)14-12-19-9-5-2-6-10-19/h1-14,21,23H,15-17H2. The van der Waals surface area contributed by atoms with Crippen LogP contribution in [0.15, 0.2) is 77.9 Å². The van der Waals surface area contributed by atoms with Gasteiger partial charge in [-0.05, 0) is 29.7 Å². The average Bonchev–Trinajstić information content (AvgIpc) is 3.01. The highest BCUT2D eigenvalue weighted by molar-refractivity contribution is 7.91. The zero-order chi connectivity index (χ0) is 18.2. The molecule has 1 aliphatic rings. The van der Waals surface area contributed by atoms with Crippen molar-refractivity contribution in [1.29, 1.82) is 0 Å². The van der Waals surface area contributed by atoms with Crippen molar-refractivity contribution in [2.75, 3.05) is 11.5 Å². The van der Waals surface area contributed by atoms with Crippen LogP contribution in [-0.2, 0) is 9.84 Å². The van der Waals surface area contributed by atoms with Gasteiger partial charge in [0, 0.05) is 0 Å². The molecule has 1 heterocycles. The molecule has 2 aromatic carbocycles. The van der Waals surface area contributed by atoms with E-state index in [4.69, 9.17) is 0 Å². The highest BCUT2D eigenvalue weighted by Crippen LogP contribution is 2.11. The zero-order valence-electron chi connectivity index (χ0n) is 14.5. The summed E-state index contributed by atoms with van der Waals surface area (Å²) in [4.78, 5) is 0. The molecule has 1 atom stereocenters. The Balaban J connectivity index is 1.75. The number of hydrazone groups is 1. The van der Waals surface area contributed by atoms with Gasteiger partial charge in [-0.15, -0.1) is 0 Å². The predicted molar refractivity (Wildman–Crippen MR) is 109 cm³/mol. The van der Waals surface area contributed by atoms with Crippen molar-refractivity contribution >= 4 is 27.7 Å². The van der Waals surface area contributed by atoms with Gasteiger partial charge in [0.15, 0.2) is 9.84 Å². The molecule has 0 aromatic heterocycles. The third-order valence-electron chi connectivity index (χ3n) is 4.10. The molecule has 4 nitrogen and oxygen atoms in total. The topological polar surface area (TPSA) is 58.5 Å². The maximum atomic E-state index is 11.6. The number of hydrogen-bond donors (Lipinski definition) is 1. The fraction of sp³-hybridized carbons (Fsp3) is 0.190. The summed E-state index contributed by atoms with van der Waals surface area (Å²) >= 11 is 0. The van der Waals surface area contributed by atoms with Crippen LogP contribution in [0.25, 0.3) is 12.2 Å². The number of nitrogens with one attached hydrogen (secondary N) is 1. The fourth-order valence-corrected chi connectivity index (χ4v) is 4.35. The zero-order valence-corrected chi connectivity index (χ0v) is 15.3. The largest absolute Gasteiger partial charge is 0.305 e. The molecule has 1 aliphatic heterocycles. The highest BCUT2D eigenvalue weighted by atomic mass is 32.2. The summed E-state index contributed by atoms with van der Waals surface area (Å²) in [5.41, 5.74) is 5.91. The van der Waals surface area contributed by atoms with E-state index in [0.29, 0.717) is 6.42 Å². The summed E-state index contributed by atoms with van der Waals surface area (Å²) in [6, 6.07) is 19.8. The van der Waals surface area contributed by atoms with Gasteiger partial charge in [0.25, 0.3) is 0 Å². The lowest BCUT2D eigenvalue weighted by Crippen LogP contribution is -2.26. The molecule has 134 valence electrons. The summed E-state index contributed by atoms with van der Waals surface area (Å²) in [7, 11) is -2.92. The van der Waals surface area contributed by atoms with Crippen molar-refractivity contribution < 1.29 is 8.42 Å². The van der Waals surface area contributed by atoms with Crippen LogP contribution in [0.2, 0.25) is 0 Å². The summed E-state index contributed by atoms with van der Waals surface area (Å²) in [5, 5.41) is 4.43. The third-order valence-corrected chi connectivity index (χ3v) is 5.87. The fourth-order valence-electron chi connectivity index (χ4n) is 2.68. The van der Waals surface area contributed by atoms with Gasteiger partial charge in [0.2, 0.25) is 0 Å². The van der Waals surface area contributed by atoms with Crippen LogP contribution < -0.4 is 5.43 Å². The van der Waals surface area contributed by atoms with E-state index in [-0.39, 0.29) is 17.5 Å². The molecule has 1 unspecified atom stereocenters. The van der Waals surface area contributed by atoms with Crippen molar-refractivity contribution in [1.82, 2.24) is 5.43 Å². The molecule has 0 saturated carbocycles. The van der Waals surface area contributed by atoms with E-state index < -0.39 is 9.84 Å². The van der Waals surface area contributed by atoms with Crippen LogP contribution in [0.4, 0.5) is 0 Å². The van der Waals surface area contributed by atoms with Crippen molar-refractivity contribution in [2.24, 2.45) is 5.10 Å². The van der Waals surface area contributed by atoms with Gasteiger partial charge in [0.05, 0.1) is 23.3 Å². The molecule has 26 heavy (non-hydrogen) atoms. The summed E-state index contributed by atoms with van der Waals surface area (Å²) in [6.45, 7) is 0. The van der Waals surface area contributed by atoms with E-state index in [9.17, 15) is 8.42 Å². The Hall–Kier alpha value is -2.66. The second kappa shape index (κ2) is 8.63. The van der Waals surface area contributed by atoms with Crippen LogP contribution in [0.5, 0.6) is 0 Å². The molecule has 1 fully saturated rings. The molecular weight excluding hydrogens is 344 g/mol. The lowest BCUT2D eigenvalue weighted by Gasteiger charge is -2.07. The van der Waals surface area contributed by atoms with Crippen LogP contribution in [0, 0.1) is 0 Å². The number of sulfone groups is 1. The lowest BCUT2D eigenvalue weighted by atomic mass is 10.1. The first kappa shape index (κ1) is 18.1. The van der Waals surface area contributed by atoms with Crippen LogP contribution in [0.3, 0.4) is 0 Å². The van der Waals surface area contributed by atoms with Gasteiger partial charge >= 0.3 is 0 Å². The Morgan fingerprint density at radius 2 is 1.46 bits per heavy atom. The van der Waals surface area contributed by atoms with Crippen molar-refractivity contribution in [3.8, 4) is 0 Å². The maximum Gasteiger partial charge on any atom is 0.152 e. The summed E-state index contributed by atoms with van der Waals surface area (Å²) < 4.78 is 23.2. The van der Waals surface area contributed by atoms with Crippen LogP contribution >= 0.6 is 0 Å². The Morgan fingerprint density at radius 3 is 1.92 bits per heavy atom. The summed E-state index contributed by atoms with van der Waals surface area (Å²) in [6.07, 6.45) is 8.42. The highest BCUT2D eigenvalue weighted by Gasteiger charge is 2.27. The van der Waals surface area contributed by atoms with E-state index >= 15 is 0 Å².